The molecule has 8 nitrogen and oxygen atoms in total. The molecule has 0 saturated carbocycles. The molecule has 2 rings (SSSR count). The van der Waals surface area contributed by atoms with Crippen molar-refractivity contribution in [2.45, 2.75) is 9.79 Å². The molecule has 0 aromatic heterocycles. The van der Waals surface area contributed by atoms with Crippen molar-refractivity contribution in [3.8, 4) is 5.75 Å². The van der Waals surface area contributed by atoms with E-state index in [1.165, 1.54) is 25.3 Å². The van der Waals surface area contributed by atoms with Crippen molar-refractivity contribution < 1.29 is 26.1 Å². The Morgan fingerprint density at radius 1 is 1.12 bits per heavy atom. The van der Waals surface area contributed by atoms with Crippen LogP contribution in [0.1, 0.15) is 0 Å². The van der Waals surface area contributed by atoms with Crippen LogP contribution in [-0.4, -0.2) is 28.5 Å². The molecule has 0 atom stereocenters. The average molecular weight is 393 g/mol. The number of ether oxygens (including phenoxy) is 1. The summed E-state index contributed by atoms with van der Waals surface area (Å²) in [4.78, 5) is -0.646. The Morgan fingerprint density at radius 2 is 1.79 bits per heavy atom. The molecule has 0 aliphatic rings. The van der Waals surface area contributed by atoms with E-state index in [4.69, 9.17) is 26.6 Å². The molecule has 0 fully saturated rings. The Bertz CT molecular complexity index is 990. The molecule has 0 saturated heterocycles. The van der Waals surface area contributed by atoms with Gasteiger partial charge in [0.15, 0.2) is 0 Å². The highest BCUT2D eigenvalue weighted by molar-refractivity contribution is 7.92. The van der Waals surface area contributed by atoms with E-state index in [0.29, 0.717) is 5.69 Å². The van der Waals surface area contributed by atoms with Crippen LogP contribution in [0, 0.1) is 0 Å². The fourth-order valence-corrected chi connectivity index (χ4v) is 3.97. The standard InChI is InChI=1S/C13H13ClN2O6S2/c1-22-12-7-9(24(19,20)21)3-4-11(12)16-23(17,18)13-5-2-8(15)6-10(13)14/h2-7,16H,15H2,1H3,(H,19,20,21). The molecule has 130 valence electrons. The summed E-state index contributed by atoms with van der Waals surface area (Å²) in [6, 6.07) is 7.05. The first kappa shape index (κ1) is 18.3. The predicted molar refractivity (Wildman–Crippen MR) is 89.5 cm³/mol. The van der Waals surface area contributed by atoms with Gasteiger partial charge in [-0.05, 0) is 30.3 Å². The van der Waals surface area contributed by atoms with Gasteiger partial charge in [-0.25, -0.2) is 8.42 Å². The molecule has 0 heterocycles. The summed E-state index contributed by atoms with van der Waals surface area (Å²) in [6.45, 7) is 0. The number of halogens is 1. The van der Waals surface area contributed by atoms with Crippen LogP contribution in [-0.2, 0) is 20.1 Å². The van der Waals surface area contributed by atoms with Gasteiger partial charge in [-0.2, -0.15) is 8.42 Å². The number of nitrogens with one attached hydrogen (secondary N) is 1. The van der Waals surface area contributed by atoms with Crippen LogP contribution in [0.3, 0.4) is 0 Å². The molecular formula is C13H13ClN2O6S2. The minimum atomic E-state index is -4.45. The number of methoxy groups -OCH3 is 1. The monoisotopic (exact) mass is 392 g/mol. The quantitative estimate of drug-likeness (QED) is 0.522. The van der Waals surface area contributed by atoms with Crippen LogP contribution >= 0.6 is 11.6 Å². The summed E-state index contributed by atoms with van der Waals surface area (Å²) in [5, 5.41) is -0.0731. The lowest BCUT2D eigenvalue weighted by Crippen LogP contribution is -2.14. The summed E-state index contributed by atoms with van der Waals surface area (Å²) in [5.74, 6) is -0.0970. The third kappa shape index (κ3) is 3.90. The highest BCUT2D eigenvalue weighted by atomic mass is 35.5. The van der Waals surface area contributed by atoms with E-state index in [1.54, 1.807) is 0 Å². The first-order valence-electron chi connectivity index (χ1n) is 6.28. The molecule has 0 amide bonds. The van der Waals surface area contributed by atoms with Gasteiger partial charge in [0.05, 0.1) is 22.7 Å². The number of sulfonamides is 1. The van der Waals surface area contributed by atoms with Crippen LogP contribution in [0.5, 0.6) is 5.75 Å². The topological polar surface area (TPSA) is 136 Å². The molecule has 0 aliphatic carbocycles. The summed E-state index contributed by atoms with van der Waals surface area (Å²) in [7, 11) is -7.30. The summed E-state index contributed by atoms with van der Waals surface area (Å²) in [6.07, 6.45) is 0. The van der Waals surface area contributed by atoms with Crippen LogP contribution in [0.2, 0.25) is 5.02 Å². The number of hydrogen-bond acceptors (Lipinski definition) is 6. The number of anilines is 2. The molecule has 24 heavy (non-hydrogen) atoms. The lowest BCUT2D eigenvalue weighted by atomic mass is 10.3. The Labute approximate surface area is 144 Å². The Morgan fingerprint density at radius 3 is 2.33 bits per heavy atom. The second-order valence-corrected chi connectivity index (χ2v) is 8.11. The maximum absolute atomic E-state index is 12.4. The molecule has 0 unspecified atom stereocenters. The molecule has 2 aromatic rings. The smallest absolute Gasteiger partial charge is 0.294 e. The number of nitrogens with two attached hydrogens (primary N) is 1. The van der Waals surface area contributed by atoms with Gasteiger partial charge in [-0.1, -0.05) is 11.6 Å². The molecule has 11 heteroatoms. The average Bonchev–Trinajstić information content (AvgIpc) is 2.45. The molecule has 0 aliphatic heterocycles. The number of benzene rings is 2. The van der Waals surface area contributed by atoms with Crippen molar-refractivity contribution >= 4 is 43.1 Å². The van der Waals surface area contributed by atoms with Crippen LogP contribution < -0.4 is 15.2 Å². The van der Waals surface area contributed by atoms with E-state index in [2.05, 4.69) is 4.72 Å². The van der Waals surface area contributed by atoms with Gasteiger partial charge in [0.2, 0.25) is 0 Å². The number of nitrogen functional groups attached to an aromatic ring is 1. The zero-order chi connectivity index (χ0) is 18.1. The summed E-state index contributed by atoms with van der Waals surface area (Å²) in [5.41, 5.74) is 5.80. The molecular weight excluding hydrogens is 380 g/mol. The van der Waals surface area contributed by atoms with Crippen LogP contribution in [0.15, 0.2) is 46.2 Å². The molecule has 2 aromatic carbocycles. The zero-order valence-electron chi connectivity index (χ0n) is 12.2. The van der Waals surface area contributed by atoms with E-state index in [1.807, 2.05) is 0 Å². The molecule has 4 N–H and O–H groups in total. The predicted octanol–water partition coefficient (Wildman–Crippen LogP) is 1.98. The summed E-state index contributed by atoms with van der Waals surface area (Å²) < 4.78 is 63.3. The van der Waals surface area contributed by atoms with E-state index >= 15 is 0 Å². The summed E-state index contributed by atoms with van der Waals surface area (Å²) >= 11 is 5.90. The van der Waals surface area contributed by atoms with E-state index in [9.17, 15) is 16.8 Å². The number of rotatable bonds is 5. The SMILES string of the molecule is COc1cc(S(=O)(=O)O)ccc1NS(=O)(=O)c1ccc(N)cc1Cl. The van der Waals surface area contributed by atoms with Crippen molar-refractivity contribution in [3.63, 3.8) is 0 Å². The zero-order valence-corrected chi connectivity index (χ0v) is 14.6. The highest BCUT2D eigenvalue weighted by Crippen LogP contribution is 2.31. The van der Waals surface area contributed by atoms with Crippen LogP contribution in [0.4, 0.5) is 11.4 Å². The second-order valence-electron chi connectivity index (χ2n) is 4.63. The first-order chi connectivity index (χ1) is 11.0. The normalized spacial score (nSPS) is 12.0. The van der Waals surface area contributed by atoms with E-state index in [-0.39, 0.29) is 21.4 Å². The number of hydrogen-bond donors (Lipinski definition) is 3. The molecule has 0 bridgehead atoms. The first-order valence-corrected chi connectivity index (χ1v) is 9.58. The minimum Gasteiger partial charge on any atom is -0.495 e. The van der Waals surface area contributed by atoms with E-state index in [0.717, 1.165) is 18.2 Å². The Kier molecular flexibility index (Phi) is 4.95. The Balaban J connectivity index is 2.46. The maximum atomic E-state index is 12.4. The highest BCUT2D eigenvalue weighted by Gasteiger charge is 2.21. The van der Waals surface area contributed by atoms with Gasteiger partial charge in [0.25, 0.3) is 20.1 Å². The third-order valence-corrected chi connectivity index (χ3v) is 5.66. The minimum absolute atomic E-state index is 0.0298. The van der Waals surface area contributed by atoms with E-state index < -0.39 is 25.0 Å². The maximum Gasteiger partial charge on any atom is 0.294 e. The fraction of sp³-hybridized carbons (Fsp3) is 0.0769. The largest absolute Gasteiger partial charge is 0.495 e. The van der Waals surface area contributed by atoms with Crippen molar-refractivity contribution in [1.82, 2.24) is 0 Å². The van der Waals surface area contributed by atoms with Gasteiger partial charge < -0.3 is 10.5 Å². The van der Waals surface area contributed by atoms with Gasteiger partial charge in [-0.15, -0.1) is 0 Å². The van der Waals surface area contributed by atoms with Gasteiger partial charge in [-0.3, -0.25) is 9.27 Å². The Hall–Kier alpha value is -2.01. The van der Waals surface area contributed by atoms with Crippen molar-refractivity contribution in [2.24, 2.45) is 0 Å². The fourth-order valence-electron chi connectivity index (χ4n) is 1.85. The van der Waals surface area contributed by atoms with Gasteiger partial charge >= 0.3 is 0 Å². The van der Waals surface area contributed by atoms with Crippen molar-refractivity contribution in [2.75, 3.05) is 17.6 Å². The van der Waals surface area contributed by atoms with Crippen LogP contribution in [0.25, 0.3) is 0 Å². The van der Waals surface area contributed by atoms with Crippen molar-refractivity contribution in [3.05, 3.63) is 41.4 Å². The van der Waals surface area contributed by atoms with Crippen molar-refractivity contribution in [1.29, 1.82) is 0 Å². The lowest BCUT2D eigenvalue weighted by molar-refractivity contribution is 0.414. The second kappa shape index (κ2) is 6.48. The lowest BCUT2D eigenvalue weighted by Gasteiger charge is -2.13. The third-order valence-electron chi connectivity index (χ3n) is 2.96. The van der Waals surface area contributed by atoms with Gasteiger partial charge in [0, 0.05) is 11.8 Å². The molecule has 0 spiro atoms. The van der Waals surface area contributed by atoms with Gasteiger partial charge in [0.1, 0.15) is 10.6 Å². The molecule has 0 radical (unpaired) electrons.